The van der Waals surface area contributed by atoms with Crippen LogP contribution < -0.4 is 10.6 Å². The van der Waals surface area contributed by atoms with E-state index >= 15 is 0 Å². The Balaban J connectivity index is 2.25. The Morgan fingerprint density at radius 3 is 3.00 bits per heavy atom. The number of benzene rings is 1. The van der Waals surface area contributed by atoms with Gasteiger partial charge < -0.3 is 20.5 Å². The second-order valence-electron chi connectivity index (χ2n) is 3.79. The van der Waals surface area contributed by atoms with Crippen LogP contribution in [0.3, 0.4) is 0 Å². The number of methoxy groups -OCH3 is 1. The van der Waals surface area contributed by atoms with E-state index in [9.17, 15) is 9.90 Å². The van der Waals surface area contributed by atoms with Gasteiger partial charge in [0.2, 0.25) is 0 Å². The third kappa shape index (κ3) is 6.00. The van der Waals surface area contributed by atoms with E-state index in [1.165, 1.54) is 7.11 Å². The molecule has 1 aromatic carbocycles. The lowest BCUT2D eigenvalue weighted by Gasteiger charge is -2.11. The first-order valence-electron chi connectivity index (χ1n) is 5.59. The summed E-state index contributed by atoms with van der Waals surface area (Å²) in [7, 11) is 1.52. The molecule has 0 aliphatic carbocycles. The van der Waals surface area contributed by atoms with E-state index in [0.29, 0.717) is 18.7 Å². The molecule has 0 fully saturated rings. The number of halogens is 1. The van der Waals surface area contributed by atoms with Gasteiger partial charge in [0.15, 0.2) is 0 Å². The van der Waals surface area contributed by atoms with Gasteiger partial charge >= 0.3 is 6.03 Å². The van der Waals surface area contributed by atoms with Gasteiger partial charge in [0.25, 0.3) is 0 Å². The minimum Gasteiger partial charge on any atom is -0.391 e. The number of rotatable bonds is 6. The first-order chi connectivity index (χ1) is 8.61. The van der Waals surface area contributed by atoms with Gasteiger partial charge in [-0.25, -0.2) is 4.79 Å². The Kier molecular flexibility index (Phi) is 6.70. The van der Waals surface area contributed by atoms with Crippen LogP contribution in [0.4, 0.5) is 10.5 Å². The first-order valence-corrected chi connectivity index (χ1v) is 6.38. The fraction of sp³-hybridized carbons (Fsp3) is 0.417. The van der Waals surface area contributed by atoms with Gasteiger partial charge in [-0.05, 0) is 24.6 Å². The Morgan fingerprint density at radius 2 is 2.33 bits per heavy atom. The van der Waals surface area contributed by atoms with Crippen LogP contribution in [0.5, 0.6) is 0 Å². The first kappa shape index (κ1) is 14.9. The average Bonchev–Trinajstić information content (AvgIpc) is 2.29. The number of amides is 2. The number of anilines is 1. The number of ether oxygens (including phenoxy) is 1. The quantitative estimate of drug-likeness (QED) is 0.751. The number of nitrogens with one attached hydrogen (secondary N) is 2. The number of carbonyl (C=O) groups excluding carboxylic acids is 1. The van der Waals surface area contributed by atoms with Crippen LogP contribution in [0.1, 0.15) is 6.42 Å². The molecule has 3 N–H and O–H groups in total. The second-order valence-corrected chi connectivity index (χ2v) is 4.70. The topological polar surface area (TPSA) is 70.6 Å². The fourth-order valence-corrected chi connectivity index (χ4v) is 1.77. The van der Waals surface area contributed by atoms with E-state index in [2.05, 4.69) is 26.6 Å². The normalized spacial score (nSPS) is 11.9. The smallest absolute Gasteiger partial charge is 0.319 e. The summed E-state index contributed by atoms with van der Waals surface area (Å²) >= 11 is 3.32. The van der Waals surface area contributed by atoms with Gasteiger partial charge in [0.1, 0.15) is 0 Å². The summed E-state index contributed by atoms with van der Waals surface area (Å²) in [5.74, 6) is 0. The number of aliphatic hydroxyl groups is 1. The molecule has 1 atom stereocenters. The van der Waals surface area contributed by atoms with Gasteiger partial charge in [-0.2, -0.15) is 0 Å². The predicted molar refractivity (Wildman–Crippen MR) is 73.7 cm³/mol. The maximum absolute atomic E-state index is 11.5. The molecule has 5 nitrogen and oxygen atoms in total. The highest BCUT2D eigenvalue weighted by atomic mass is 79.9. The van der Waals surface area contributed by atoms with Gasteiger partial charge in [-0.15, -0.1) is 0 Å². The lowest BCUT2D eigenvalue weighted by molar-refractivity contribution is 0.0599. The summed E-state index contributed by atoms with van der Waals surface area (Å²) in [6.07, 6.45) is -0.0964. The molecule has 100 valence electrons. The molecule has 1 unspecified atom stereocenters. The van der Waals surface area contributed by atoms with E-state index in [-0.39, 0.29) is 12.6 Å². The van der Waals surface area contributed by atoms with Crippen molar-refractivity contribution in [3.05, 3.63) is 28.7 Å². The van der Waals surface area contributed by atoms with Gasteiger partial charge in [-0.3, -0.25) is 0 Å². The molecule has 1 rings (SSSR count). The summed E-state index contributed by atoms with van der Waals surface area (Å²) in [4.78, 5) is 11.5. The van der Waals surface area contributed by atoms with Crippen molar-refractivity contribution in [1.82, 2.24) is 5.32 Å². The summed E-state index contributed by atoms with van der Waals surface area (Å²) in [6, 6.07) is 7.02. The van der Waals surface area contributed by atoms with Crippen molar-refractivity contribution in [2.75, 3.05) is 25.6 Å². The van der Waals surface area contributed by atoms with Crippen LogP contribution in [0.25, 0.3) is 0 Å². The van der Waals surface area contributed by atoms with E-state index in [4.69, 9.17) is 4.74 Å². The standard InChI is InChI=1S/C12H17BrN2O3/c1-18-8-11(16)5-6-14-12(17)15-10-4-2-3-9(13)7-10/h2-4,7,11,16H,5-6,8H2,1H3,(H2,14,15,17). The summed E-state index contributed by atoms with van der Waals surface area (Å²) in [6.45, 7) is 0.666. The second kappa shape index (κ2) is 8.07. The third-order valence-electron chi connectivity index (χ3n) is 2.20. The molecule has 18 heavy (non-hydrogen) atoms. The van der Waals surface area contributed by atoms with E-state index < -0.39 is 6.10 Å². The van der Waals surface area contributed by atoms with Crippen molar-refractivity contribution in [3.63, 3.8) is 0 Å². The molecule has 0 radical (unpaired) electrons. The molecular formula is C12H17BrN2O3. The molecule has 2 amide bonds. The number of aliphatic hydroxyl groups excluding tert-OH is 1. The maximum atomic E-state index is 11.5. The van der Waals surface area contributed by atoms with Crippen molar-refractivity contribution in [2.45, 2.75) is 12.5 Å². The molecule has 0 aliphatic heterocycles. The molecule has 1 aromatic rings. The van der Waals surface area contributed by atoms with Crippen molar-refractivity contribution < 1.29 is 14.6 Å². The monoisotopic (exact) mass is 316 g/mol. The van der Waals surface area contributed by atoms with Crippen LogP contribution in [0, 0.1) is 0 Å². The minimum atomic E-state index is -0.554. The van der Waals surface area contributed by atoms with Gasteiger partial charge in [0.05, 0.1) is 12.7 Å². The summed E-state index contributed by atoms with van der Waals surface area (Å²) < 4.78 is 5.69. The Labute approximate surface area is 115 Å². The molecule has 0 saturated carbocycles. The lowest BCUT2D eigenvalue weighted by atomic mass is 10.3. The molecule has 0 aromatic heterocycles. The number of carbonyl (C=O) groups is 1. The van der Waals surface area contributed by atoms with Crippen LogP contribution in [0.2, 0.25) is 0 Å². The van der Waals surface area contributed by atoms with Crippen LogP contribution in [-0.4, -0.2) is 37.5 Å². The Hall–Kier alpha value is -1.11. The zero-order valence-corrected chi connectivity index (χ0v) is 11.7. The van der Waals surface area contributed by atoms with Crippen molar-refractivity contribution >= 4 is 27.6 Å². The van der Waals surface area contributed by atoms with Crippen molar-refractivity contribution in [1.29, 1.82) is 0 Å². The van der Waals surface area contributed by atoms with Gasteiger partial charge in [-0.1, -0.05) is 22.0 Å². The maximum Gasteiger partial charge on any atom is 0.319 e. The van der Waals surface area contributed by atoms with Crippen molar-refractivity contribution in [3.8, 4) is 0 Å². The third-order valence-corrected chi connectivity index (χ3v) is 2.70. The molecule has 6 heteroatoms. The highest BCUT2D eigenvalue weighted by Crippen LogP contribution is 2.15. The summed E-state index contributed by atoms with van der Waals surface area (Å²) in [5, 5.41) is 14.7. The van der Waals surface area contributed by atoms with E-state index in [0.717, 1.165) is 4.47 Å². The highest BCUT2D eigenvalue weighted by Gasteiger charge is 2.05. The zero-order valence-electron chi connectivity index (χ0n) is 10.1. The fourth-order valence-electron chi connectivity index (χ4n) is 1.37. The van der Waals surface area contributed by atoms with E-state index in [1.807, 2.05) is 12.1 Å². The molecule has 0 aliphatic rings. The average molecular weight is 317 g/mol. The zero-order chi connectivity index (χ0) is 13.4. The number of hydrogen-bond donors (Lipinski definition) is 3. The molecule has 0 heterocycles. The van der Waals surface area contributed by atoms with Crippen LogP contribution >= 0.6 is 15.9 Å². The van der Waals surface area contributed by atoms with Crippen LogP contribution in [0.15, 0.2) is 28.7 Å². The van der Waals surface area contributed by atoms with Crippen molar-refractivity contribution in [2.24, 2.45) is 0 Å². The Morgan fingerprint density at radius 1 is 1.56 bits per heavy atom. The Bertz CT molecular complexity index is 387. The van der Waals surface area contributed by atoms with E-state index in [1.54, 1.807) is 12.1 Å². The minimum absolute atomic E-state index is 0.273. The summed E-state index contributed by atoms with van der Waals surface area (Å²) in [5.41, 5.74) is 0.708. The largest absolute Gasteiger partial charge is 0.391 e. The SMILES string of the molecule is COCC(O)CCNC(=O)Nc1cccc(Br)c1. The highest BCUT2D eigenvalue weighted by molar-refractivity contribution is 9.10. The number of urea groups is 1. The molecule has 0 spiro atoms. The van der Waals surface area contributed by atoms with Gasteiger partial charge in [0, 0.05) is 23.8 Å². The van der Waals surface area contributed by atoms with Crippen LogP contribution in [-0.2, 0) is 4.74 Å². The predicted octanol–water partition coefficient (Wildman–Crippen LogP) is 1.97. The molecule has 0 saturated heterocycles. The molecular weight excluding hydrogens is 300 g/mol. The molecule has 0 bridgehead atoms. The number of hydrogen-bond acceptors (Lipinski definition) is 3. The lowest BCUT2D eigenvalue weighted by Crippen LogP contribution is -2.32.